The summed E-state index contributed by atoms with van der Waals surface area (Å²) in [4.78, 5) is 0. The fourth-order valence-corrected chi connectivity index (χ4v) is 3.69. The maximum Gasteiger partial charge on any atom is 0.0557 e. The molecule has 1 nitrogen and oxygen atoms in total. The molecule has 0 saturated heterocycles. The van der Waals surface area contributed by atoms with E-state index in [4.69, 9.17) is 51.1 Å². The molecule has 20 heavy (non-hydrogen) atoms. The average molecular weight is 422 g/mol. The average Bonchev–Trinajstić information content (AvgIpc) is 2.47. The quantitative estimate of drug-likeness (QED) is 0.283. The zero-order valence-electron chi connectivity index (χ0n) is 11.6. The monoisotopic (exact) mass is 420 g/mol. The van der Waals surface area contributed by atoms with Gasteiger partial charge in [-0.15, -0.1) is 46.4 Å². The maximum atomic E-state index is 5.52. The molecule has 0 radical (unpaired) electrons. The second kappa shape index (κ2) is 26.1. The van der Waals surface area contributed by atoms with Crippen molar-refractivity contribution in [3.05, 3.63) is 0 Å². The first-order valence-corrected chi connectivity index (χ1v) is 12.0. The smallest absolute Gasteiger partial charge is 0.0557 e. The maximum absolute atomic E-state index is 5.52. The van der Waals surface area contributed by atoms with Gasteiger partial charge in [-0.3, -0.25) is 0 Å². The summed E-state index contributed by atoms with van der Waals surface area (Å²) in [5.74, 6) is 9.12. The molecule has 0 aliphatic carbocycles. The van der Waals surface area contributed by atoms with Gasteiger partial charge in [0.05, 0.1) is 13.2 Å². The summed E-state index contributed by atoms with van der Waals surface area (Å²) >= 11 is 27.3. The number of hydrogen-bond acceptors (Lipinski definition) is 4. The molecule has 0 N–H and O–H groups in total. The molecule has 0 saturated carbocycles. The Bertz CT molecular complexity index is 145. The molecule has 0 aromatic rings. The van der Waals surface area contributed by atoms with Gasteiger partial charge in [0.15, 0.2) is 0 Å². The third-order valence-electron chi connectivity index (χ3n) is 1.63. The lowest BCUT2D eigenvalue weighted by Crippen LogP contribution is -2.02. The predicted molar refractivity (Wildman–Crippen MR) is 106 cm³/mol. The van der Waals surface area contributed by atoms with Crippen LogP contribution in [0.4, 0.5) is 0 Å². The first kappa shape index (κ1) is 24.4. The van der Waals surface area contributed by atoms with Crippen molar-refractivity contribution < 1.29 is 4.74 Å². The fourth-order valence-electron chi connectivity index (χ4n) is 0.862. The highest BCUT2D eigenvalue weighted by molar-refractivity contribution is 7.99. The van der Waals surface area contributed by atoms with E-state index in [2.05, 4.69) is 0 Å². The number of alkyl halides is 4. The van der Waals surface area contributed by atoms with Crippen LogP contribution in [0.3, 0.4) is 0 Å². The van der Waals surface area contributed by atoms with Crippen LogP contribution in [-0.4, -0.2) is 71.3 Å². The summed E-state index contributed by atoms with van der Waals surface area (Å²) in [5.41, 5.74) is 0. The van der Waals surface area contributed by atoms with E-state index in [0.717, 1.165) is 71.3 Å². The lowest BCUT2D eigenvalue weighted by molar-refractivity contribution is 0.167. The third kappa shape index (κ3) is 28.3. The van der Waals surface area contributed by atoms with Crippen LogP contribution in [0, 0.1) is 0 Å². The lowest BCUT2D eigenvalue weighted by Gasteiger charge is -2.02. The SMILES string of the molecule is ClCCSCCCl.ClCCSCCOCCSCCCl. The molecule has 0 unspecified atom stereocenters. The Balaban J connectivity index is 0. The first-order valence-electron chi connectivity index (χ1n) is 6.38. The highest BCUT2D eigenvalue weighted by atomic mass is 35.5. The van der Waals surface area contributed by atoms with Gasteiger partial charge in [-0.1, -0.05) is 0 Å². The van der Waals surface area contributed by atoms with Crippen molar-refractivity contribution in [2.45, 2.75) is 0 Å². The summed E-state index contributed by atoms with van der Waals surface area (Å²) in [5, 5.41) is 0. The minimum Gasteiger partial charge on any atom is -0.380 e. The zero-order chi connectivity index (χ0) is 15.3. The Kier molecular flexibility index (Phi) is 31.9. The number of hydrogen-bond donors (Lipinski definition) is 0. The van der Waals surface area contributed by atoms with Gasteiger partial charge in [0, 0.05) is 58.0 Å². The van der Waals surface area contributed by atoms with Crippen molar-refractivity contribution in [1.82, 2.24) is 0 Å². The van der Waals surface area contributed by atoms with E-state index in [1.165, 1.54) is 0 Å². The minimum absolute atomic E-state index is 0.732. The fraction of sp³-hybridized carbons (Fsp3) is 1.00. The molecule has 0 atom stereocenters. The minimum atomic E-state index is 0.732. The van der Waals surface area contributed by atoms with Crippen molar-refractivity contribution in [3.63, 3.8) is 0 Å². The largest absolute Gasteiger partial charge is 0.380 e. The van der Waals surface area contributed by atoms with Crippen LogP contribution in [0.1, 0.15) is 0 Å². The Hall–Kier alpha value is 2.17. The van der Waals surface area contributed by atoms with E-state index in [1.807, 2.05) is 23.5 Å². The summed E-state index contributed by atoms with van der Waals surface area (Å²) < 4.78 is 5.40. The van der Waals surface area contributed by atoms with E-state index in [1.54, 1.807) is 11.8 Å². The summed E-state index contributed by atoms with van der Waals surface area (Å²) in [6.07, 6.45) is 0. The second-order valence-electron chi connectivity index (χ2n) is 3.21. The third-order valence-corrected chi connectivity index (χ3v) is 6.16. The number of rotatable bonds is 14. The van der Waals surface area contributed by atoms with E-state index < -0.39 is 0 Å². The number of ether oxygens (including phenoxy) is 1. The molecular weight excluding hydrogens is 398 g/mol. The van der Waals surface area contributed by atoms with Gasteiger partial charge in [-0.2, -0.15) is 35.3 Å². The van der Waals surface area contributed by atoms with Crippen molar-refractivity contribution in [3.8, 4) is 0 Å². The van der Waals surface area contributed by atoms with Crippen LogP contribution in [0.15, 0.2) is 0 Å². The lowest BCUT2D eigenvalue weighted by atomic mass is 10.8. The molecule has 0 rings (SSSR count). The highest BCUT2D eigenvalue weighted by Gasteiger charge is 1.91. The molecule has 0 aromatic heterocycles. The Labute approximate surface area is 156 Å². The van der Waals surface area contributed by atoms with Crippen LogP contribution in [0.25, 0.3) is 0 Å². The first-order chi connectivity index (χ1) is 9.83. The van der Waals surface area contributed by atoms with Gasteiger partial charge in [0.1, 0.15) is 0 Å². The molecule has 0 fully saturated rings. The number of halogens is 4. The molecule has 0 aliphatic heterocycles. The topological polar surface area (TPSA) is 9.23 Å². The Morgan fingerprint density at radius 3 is 1.10 bits per heavy atom. The van der Waals surface area contributed by atoms with Crippen molar-refractivity contribution in [2.24, 2.45) is 0 Å². The van der Waals surface area contributed by atoms with Crippen molar-refractivity contribution in [1.29, 1.82) is 0 Å². The van der Waals surface area contributed by atoms with Crippen molar-refractivity contribution in [2.75, 3.05) is 71.3 Å². The highest BCUT2D eigenvalue weighted by Crippen LogP contribution is 2.02. The van der Waals surface area contributed by atoms with Gasteiger partial charge in [-0.25, -0.2) is 0 Å². The zero-order valence-corrected chi connectivity index (χ0v) is 17.1. The molecule has 0 amide bonds. The molecule has 0 heterocycles. The molecule has 124 valence electrons. The van der Waals surface area contributed by atoms with Gasteiger partial charge in [0.25, 0.3) is 0 Å². The summed E-state index contributed by atoms with van der Waals surface area (Å²) in [6.45, 7) is 1.67. The number of thioether (sulfide) groups is 3. The van der Waals surface area contributed by atoms with Crippen LogP contribution >= 0.6 is 81.7 Å². The van der Waals surface area contributed by atoms with Gasteiger partial charge in [0.2, 0.25) is 0 Å². The van der Waals surface area contributed by atoms with Gasteiger partial charge < -0.3 is 4.74 Å². The van der Waals surface area contributed by atoms with E-state index >= 15 is 0 Å². The molecule has 0 spiro atoms. The predicted octanol–water partition coefficient (Wildman–Crippen LogP) is 5.14. The van der Waals surface area contributed by atoms with E-state index in [9.17, 15) is 0 Å². The Morgan fingerprint density at radius 1 is 0.500 bits per heavy atom. The van der Waals surface area contributed by atoms with E-state index in [0.29, 0.717) is 0 Å². The van der Waals surface area contributed by atoms with Crippen LogP contribution in [-0.2, 0) is 4.74 Å². The molecule has 0 bridgehead atoms. The van der Waals surface area contributed by atoms with Gasteiger partial charge >= 0.3 is 0 Å². The summed E-state index contributed by atoms with van der Waals surface area (Å²) in [7, 11) is 0. The van der Waals surface area contributed by atoms with E-state index in [-0.39, 0.29) is 0 Å². The Morgan fingerprint density at radius 2 is 0.800 bits per heavy atom. The standard InChI is InChI=1S/C8H16Cl2OS2.C4H8Cl2S/c9-1-5-12-7-3-11-4-8-13-6-2-10;5-1-3-7-4-2-6/h1-8H2;1-4H2. The second-order valence-corrected chi connectivity index (χ2v) is 8.39. The van der Waals surface area contributed by atoms with Gasteiger partial charge in [-0.05, 0) is 0 Å². The molecule has 0 aromatic carbocycles. The molecular formula is C12H24Cl4OS3. The molecule has 0 aliphatic rings. The van der Waals surface area contributed by atoms with Crippen molar-refractivity contribution >= 4 is 81.7 Å². The van der Waals surface area contributed by atoms with Crippen LogP contribution in [0.2, 0.25) is 0 Å². The normalized spacial score (nSPS) is 10.2. The van der Waals surface area contributed by atoms with Crippen LogP contribution < -0.4 is 0 Å². The molecule has 8 heteroatoms. The summed E-state index contributed by atoms with van der Waals surface area (Å²) in [6, 6.07) is 0. The van der Waals surface area contributed by atoms with Crippen LogP contribution in [0.5, 0.6) is 0 Å².